The fourth-order valence-corrected chi connectivity index (χ4v) is 4.26. The Hall–Kier alpha value is -3.47. The number of hydrogen-bond acceptors (Lipinski definition) is 2. The molecule has 2 amide bonds. The first-order chi connectivity index (χ1) is 14.5. The van der Waals surface area contributed by atoms with Gasteiger partial charge >= 0.3 is 0 Å². The lowest BCUT2D eigenvalue weighted by molar-refractivity contribution is -0.117. The summed E-state index contributed by atoms with van der Waals surface area (Å²) in [4.78, 5) is 29.5. The van der Waals surface area contributed by atoms with Crippen molar-refractivity contribution < 1.29 is 14.0 Å². The molecule has 30 heavy (non-hydrogen) atoms. The number of benzene rings is 3. The highest BCUT2D eigenvalue weighted by molar-refractivity contribution is 6.07. The Morgan fingerprint density at radius 2 is 1.57 bits per heavy atom. The van der Waals surface area contributed by atoms with E-state index in [4.69, 9.17) is 0 Å². The molecule has 152 valence electrons. The van der Waals surface area contributed by atoms with E-state index in [0.717, 1.165) is 16.9 Å². The number of nitrogens with zero attached hydrogens (tertiary/aromatic N) is 2. The Morgan fingerprint density at radius 1 is 0.933 bits per heavy atom. The third kappa shape index (κ3) is 3.59. The Kier molecular flexibility index (Phi) is 5.36. The fraction of sp³-hybridized carbons (Fsp3) is 0.200. The molecule has 0 saturated carbocycles. The zero-order valence-corrected chi connectivity index (χ0v) is 17.0. The SMILES string of the molecule is CC(=O)N1c2ccccc2C(N(C(=O)c2ccc(F)cc2)c2ccccc2)CC1C. The van der Waals surface area contributed by atoms with Crippen molar-refractivity contribution in [3.8, 4) is 0 Å². The Balaban J connectivity index is 1.85. The molecule has 0 N–H and O–H groups in total. The van der Waals surface area contributed by atoms with Crippen LogP contribution in [-0.4, -0.2) is 17.9 Å². The Bertz CT molecular complexity index is 1070. The van der Waals surface area contributed by atoms with Gasteiger partial charge in [-0.1, -0.05) is 36.4 Å². The average molecular weight is 402 g/mol. The maximum absolute atomic E-state index is 13.6. The van der Waals surface area contributed by atoms with E-state index in [0.29, 0.717) is 12.0 Å². The quantitative estimate of drug-likeness (QED) is 0.592. The van der Waals surface area contributed by atoms with E-state index in [1.807, 2.05) is 61.5 Å². The van der Waals surface area contributed by atoms with Crippen molar-refractivity contribution in [2.75, 3.05) is 9.80 Å². The van der Waals surface area contributed by atoms with Gasteiger partial charge in [0, 0.05) is 29.9 Å². The van der Waals surface area contributed by atoms with Crippen LogP contribution in [0.5, 0.6) is 0 Å². The van der Waals surface area contributed by atoms with Crippen LogP contribution in [0.4, 0.5) is 15.8 Å². The monoisotopic (exact) mass is 402 g/mol. The van der Waals surface area contributed by atoms with Gasteiger partial charge in [0.15, 0.2) is 0 Å². The number of carbonyl (C=O) groups excluding carboxylic acids is 2. The van der Waals surface area contributed by atoms with Gasteiger partial charge in [0.25, 0.3) is 5.91 Å². The van der Waals surface area contributed by atoms with Gasteiger partial charge in [0.1, 0.15) is 5.82 Å². The number of para-hydroxylation sites is 2. The molecule has 1 aliphatic rings. The second-order valence-electron chi connectivity index (χ2n) is 7.57. The number of rotatable bonds is 3. The van der Waals surface area contributed by atoms with Crippen molar-refractivity contribution in [2.24, 2.45) is 0 Å². The Labute approximate surface area is 175 Å². The van der Waals surface area contributed by atoms with Crippen molar-refractivity contribution in [2.45, 2.75) is 32.4 Å². The average Bonchev–Trinajstić information content (AvgIpc) is 2.75. The lowest BCUT2D eigenvalue weighted by atomic mass is 9.89. The molecule has 0 bridgehead atoms. The number of fused-ring (bicyclic) bond motifs is 1. The zero-order chi connectivity index (χ0) is 21.3. The summed E-state index contributed by atoms with van der Waals surface area (Å²) < 4.78 is 13.4. The minimum absolute atomic E-state index is 0.0236. The van der Waals surface area contributed by atoms with E-state index in [1.54, 1.807) is 16.7 Å². The van der Waals surface area contributed by atoms with Gasteiger partial charge in [-0.15, -0.1) is 0 Å². The second-order valence-corrected chi connectivity index (χ2v) is 7.57. The molecule has 0 saturated heterocycles. The van der Waals surface area contributed by atoms with Gasteiger partial charge in [-0.05, 0) is 61.4 Å². The number of anilines is 2. The van der Waals surface area contributed by atoms with Crippen molar-refractivity contribution in [1.82, 2.24) is 0 Å². The molecule has 1 heterocycles. The maximum atomic E-state index is 13.6. The first kappa shape index (κ1) is 19.8. The third-order valence-corrected chi connectivity index (χ3v) is 5.56. The Morgan fingerprint density at radius 3 is 2.23 bits per heavy atom. The zero-order valence-electron chi connectivity index (χ0n) is 17.0. The minimum atomic E-state index is -0.383. The van der Waals surface area contributed by atoms with Crippen LogP contribution in [-0.2, 0) is 4.79 Å². The van der Waals surface area contributed by atoms with E-state index >= 15 is 0 Å². The van der Waals surface area contributed by atoms with Crippen molar-refractivity contribution in [3.63, 3.8) is 0 Å². The molecule has 0 fully saturated rings. The molecule has 3 aromatic carbocycles. The summed E-state index contributed by atoms with van der Waals surface area (Å²) in [6, 6.07) is 22.5. The highest BCUT2D eigenvalue weighted by Gasteiger charge is 2.37. The number of amides is 2. The van der Waals surface area contributed by atoms with Crippen LogP contribution in [0.15, 0.2) is 78.9 Å². The lowest BCUT2D eigenvalue weighted by Crippen LogP contribution is -2.47. The second kappa shape index (κ2) is 8.11. The van der Waals surface area contributed by atoms with E-state index in [9.17, 15) is 14.0 Å². The van der Waals surface area contributed by atoms with Crippen LogP contribution in [0.3, 0.4) is 0 Å². The fourth-order valence-electron chi connectivity index (χ4n) is 4.26. The summed E-state index contributed by atoms with van der Waals surface area (Å²) in [5.74, 6) is -0.611. The van der Waals surface area contributed by atoms with Crippen molar-refractivity contribution in [3.05, 3.63) is 95.8 Å². The molecule has 5 heteroatoms. The van der Waals surface area contributed by atoms with E-state index in [-0.39, 0.29) is 29.7 Å². The van der Waals surface area contributed by atoms with Gasteiger partial charge in [0.2, 0.25) is 5.91 Å². The lowest BCUT2D eigenvalue weighted by Gasteiger charge is -2.43. The maximum Gasteiger partial charge on any atom is 0.258 e. The first-order valence-corrected chi connectivity index (χ1v) is 10.00. The molecule has 0 aliphatic carbocycles. The van der Waals surface area contributed by atoms with Crippen LogP contribution in [0.2, 0.25) is 0 Å². The molecular formula is C25H23FN2O2. The number of carbonyl (C=O) groups is 2. The topological polar surface area (TPSA) is 40.6 Å². The van der Waals surface area contributed by atoms with Crippen LogP contribution in [0, 0.1) is 5.82 Å². The third-order valence-electron chi connectivity index (χ3n) is 5.56. The summed E-state index contributed by atoms with van der Waals surface area (Å²) in [6.45, 7) is 3.56. The molecule has 2 atom stereocenters. The molecule has 4 nitrogen and oxygen atoms in total. The molecule has 1 aliphatic heterocycles. The predicted octanol–water partition coefficient (Wildman–Crippen LogP) is 5.36. The smallest absolute Gasteiger partial charge is 0.258 e. The van der Waals surface area contributed by atoms with E-state index in [1.165, 1.54) is 24.3 Å². The molecular weight excluding hydrogens is 379 g/mol. The largest absolute Gasteiger partial charge is 0.309 e. The summed E-state index contributed by atoms with van der Waals surface area (Å²) in [5, 5.41) is 0. The van der Waals surface area contributed by atoms with Gasteiger partial charge in [-0.2, -0.15) is 0 Å². The highest BCUT2D eigenvalue weighted by Crippen LogP contribution is 2.42. The van der Waals surface area contributed by atoms with Gasteiger partial charge < -0.3 is 9.80 Å². The van der Waals surface area contributed by atoms with Crippen LogP contribution >= 0.6 is 0 Å². The van der Waals surface area contributed by atoms with Crippen molar-refractivity contribution in [1.29, 1.82) is 0 Å². The number of hydrogen-bond donors (Lipinski definition) is 0. The summed E-state index contributed by atoms with van der Waals surface area (Å²) >= 11 is 0. The number of halogens is 1. The van der Waals surface area contributed by atoms with E-state index in [2.05, 4.69) is 0 Å². The molecule has 4 rings (SSSR count). The highest BCUT2D eigenvalue weighted by atomic mass is 19.1. The van der Waals surface area contributed by atoms with Crippen LogP contribution in [0.25, 0.3) is 0 Å². The molecule has 3 aromatic rings. The molecule has 0 spiro atoms. The molecule has 0 radical (unpaired) electrons. The normalized spacial score (nSPS) is 17.9. The standard InChI is InChI=1S/C25H23FN2O2/c1-17-16-24(22-10-6-7-11-23(22)27(17)18(2)29)28(21-8-4-3-5-9-21)25(30)19-12-14-20(26)15-13-19/h3-15,17,24H,16H2,1-2H3. The van der Waals surface area contributed by atoms with Crippen molar-refractivity contribution >= 4 is 23.2 Å². The van der Waals surface area contributed by atoms with Gasteiger partial charge in [0.05, 0.1) is 6.04 Å². The summed E-state index contributed by atoms with van der Waals surface area (Å²) in [5.41, 5.74) is 2.92. The van der Waals surface area contributed by atoms with Crippen LogP contribution < -0.4 is 9.80 Å². The molecule has 2 unspecified atom stereocenters. The van der Waals surface area contributed by atoms with Crippen LogP contribution in [0.1, 0.15) is 42.2 Å². The van der Waals surface area contributed by atoms with E-state index < -0.39 is 0 Å². The summed E-state index contributed by atoms with van der Waals surface area (Å²) in [6.07, 6.45) is 0.596. The van der Waals surface area contributed by atoms with Gasteiger partial charge in [-0.3, -0.25) is 9.59 Å². The molecule has 0 aromatic heterocycles. The van der Waals surface area contributed by atoms with Gasteiger partial charge in [-0.25, -0.2) is 4.39 Å². The first-order valence-electron chi connectivity index (χ1n) is 10.00. The minimum Gasteiger partial charge on any atom is -0.309 e. The summed E-state index contributed by atoms with van der Waals surface area (Å²) in [7, 11) is 0. The predicted molar refractivity (Wildman–Crippen MR) is 116 cm³/mol.